The molecule has 2 heteroatoms. The highest BCUT2D eigenvalue weighted by atomic mass is 32.2. The maximum absolute atomic E-state index is 3.55. The maximum atomic E-state index is 3.55. The summed E-state index contributed by atoms with van der Waals surface area (Å²) in [4.78, 5) is 1.32. The summed E-state index contributed by atoms with van der Waals surface area (Å²) in [5, 5.41) is 0. The van der Waals surface area contributed by atoms with Crippen molar-refractivity contribution in [3.8, 4) is 0 Å². The van der Waals surface area contributed by atoms with Crippen LogP contribution < -0.4 is 4.72 Å². The van der Waals surface area contributed by atoms with E-state index in [2.05, 4.69) is 35.1 Å². The molecule has 0 saturated heterocycles. The van der Waals surface area contributed by atoms with Gasteiger partial charge in [0, 0.05) is 10.9 Å². The molecule has 0 unspecified atom stereocenters. The molecular weight excluding hydrogens is 190 g/mol. The molecular formula is C12H17NS. The first-order valence-electron chi connectivity index (χ1n) is 5.42. The summed E-state index contributed by atoms with van der Waals surface area (Å²) in [7, 11) is 0. The maximum Gasteiger partial charge on any atom is 0.0228 e. The second-order valence-electron chi connectivity index (χ2n) is 3.87. The van der Waals surface area contributed by atoms with Crippen molar-refractivity contribution in [1.29, 1.82) is 0 Å². The molecule has 76 valence electrons. The molecule has 0 bridgehead atoms. The third-order valence-electron chi connectivity index (χ3n) is 2.69. The average molecular weight is 207 g/mol. The van der Waals surface area contributed by atoms with E-state index >= 15 is 0 Å². The van der Waals surface area contributed by atoms with Crippen molar-refractivity contribution in [2.45, 2.75) is 43.0 Å². The number of rotatable bonds is 3. The smallest absolute Gasteiger partial charge is 0.0228 e. The number of nitrogens with one attached hydrogen (secondary N) is 1. The average Bonchev–Trinajstić information content (AvgIpc) is 2.29. The van der Waals surface area contributed by atoms with Crippen LogP contribution in [0.25, 0.3) is 0 Å². The monoisotopic (exact) mass is 207 g/mol. The third-order valence-corrected chi connectivity index (χ3v) is 3.65. The van der Waals surface area contributed by atoms with E-state index in [0.29, 0.717) is 0 Å². The van der Waals surface area contributed by atoms with Crippen molar-refractivity contribution in [3.05, 3.63) is 30.3 Å². The normalized spacial score (nSPS) is 18.3. The number of benzene rings is 1. The zero-order valence-corrected chi connectivity index (χ0v) is 9.22. The predicted octanol–water partition coefficient (Wildman–Crippen LogP) is 3.62. The first kappa shape index (κ1) is 10.1. The Balaban J connectivity index is 1.76. The Labute approximate surface area is 90.4 Å². The van der Waals surface area contributed by atoms with Gasteiger partial charge in [-0.3, -0.25) is 4.72 Å². The third kappa shape index (κ3) is 3.03. The zero-order valence-electron chi connectivity index (χ0n) is 8.41. The molecule has 1 saturated carbocycles. The van der Waals surface area contributed by atoms with Crippen molar-refractivity contribution in [3.63, 3.8) is 0 Å². The van der Waals surface area contributed by atoms with Gasteiger partial charge in [0.2, 0.25) is 0 Å². The Morgan fingerprint density at radius 1 is 1.00 bits per heavy atom. The van der Waals surface area contributed by atoms with E-state index in [-0.39, 0.29) is 0 Å². The number of hydrogen-bond acceptors (Lipinski definition) is 2. The fourth-order valence-electron chi connectivity index (χ4n) is 1.86. The lowest BCUT2D eigenvalue weighted by Gasteiger charge is -2.21. The molecule has 0 aromatic heterocycles. The summed E-state index contributed by atoms with van der Waals surface area (Å²) < 4.78 is 3.55. The van der Waals surface area contributed by atoms with Crippen LogP contribution in [0.4, 0.5) is 0 Å². The van der Waals surface area contributed by atoms with Gasteiger partial charge in [-0.15, -0.1) is 0 Å². The van der Waals surface area contributed by atoms with E-state index in [0.717, 1.165) is 6.04 Å². The first-order chi connectivity index (χ1) is 6.95. The van der Waals surface area contributed by atoms with E-state index in [9.17, 15) is 0 Å². The minimum absolute atomic E-state index is 0.731. The Kier molecular flexibility index (Phi) is 3.90. The molecule has 1 aromatic carbocycles. The van der Waals surface area contributed by atoms with Gasteiger partial charge in [0.05, 0.1) is 0 Å². The van der Waals surface area contributed by atoms with E-state index in [1.165, 1.54) is 37.0 Å². The van der Waals surface area contributed by atoms with Crippen LogP contribution in [-0.4, -0.2) is 6.04 Å². The summed E-state index contributed by atoms with van der Waals surface area (Å²) in [6.45, 7) is 0. The van der Waals surface area contributed by atoms with Gasteiger partial charge < -0.3 is 0 Å². The highest BCUT2D eigenvalue weighted by molar-refractivity contribution is 7.97. The Hall–Kier alpha value is -0.470. The first-order valence-corrected chi connectivity index (χ1v) is 6.24. The minimum Gasteiger partial charge on any atom is -0.257 e. The van der Waals surface area contributed by atoms with Gasteiger partial charge in [-0.05, 0) is 36.9 Å². The minimum atomic E-state index is 0.731. The predicted molar refractivity (Wildman–Crippen MR) is 62.3 cm³/mol. The van der Waals surface area contributed by atoms with Gasteiger partial charge in [0.25, 0.3) is 0 Å². The summed E-state index contributed by atoms with van der Waals surface area (Å²) in [5.74, 6) is 0. The van der Waals surface area contributed by atoms with Gasteiger partial charge in [0.1, 0.15) is 0 Å². The molecule has 0 spiro atoms. The quantitative estimate of drug-likeness (QED) is 0.760. The van der Waals surface area contributed by atoms with Crippen molar-refractivity contribution in [2.75, 3.05) is 0 Å². The molecule has 0 aliphatic heterocycles. The highest BCUT2D eigenvalue weighted by Crippen LogP contribution is 2.22. The summed E-state index contributed by atoms with van der Waals surface area (Å²) in [6, 6.07) is 11.3. The lowest BCUT2D eigenvalue weighted by molar-refractivity contribution is 0.423. The molecule has 2 rings (SSSR count). The fraction of sp³-hybridized carbons (Fsp3) is 0.500. The Morgan fingerprint density at radius 2 is 1.71 bits per heavy atom. The van der Waals surface area contributed by atoms with Gasteiger partial charge in [-0.25, -0.2) is 0 Å². The van der Waals surface area contributed by atoms with E-state index in [1.54, 1.807) is 11.9 Å². The molecule has 0 atom stereocenters. The molecule has 1 nitrogen and oxygen atoms in total. The van der Waals surface area contributed by atoms with Crippen molar-refractivity contribution >= 4 is 11.9 Å². The van der Waals surface area contributed by atoms with Crippen LogP contribution in [0, 0.1) is 0 Å². The largest absolute Gasteiger partial charge is 0.257 e. The van der Waals surface area contributed by atoms with Crippen molar-refractivity contribution < 1.29 is 0 Å². The molecule has 1 aliphatic rings. The standard InChI is InChI=1S/C12H17NS/c1-3-7-11(8-4-1)13-14-12-9-5-2-6-10-12/h2,5-6,9-11,13H,1,3-4,7-8H2. The fourth-order valence-corrected chi connectivity index (χ4v) is 2.69. The lowest BCUT2D eigenvalue weighted by Crippen LogP contribution is -2.25. The Morgan fingerprint density at radius 3 is 2.43 bits per heavy atom. The highest BCUT2D eigenvalue weighted by Gasteiger charge is 2.12. The van der Waals surface area contributed by atoms with Crippen LogP contribution >= 0.6 is 11.9 Å². The van der Waals surface area contributed by atoms with Gasteiger partial charge >= 0.3 is 0 Å². The van der Waals surface area contributed by atoms with Crippen molar-refractivity contribution in [2.24, 2.45) is 0 Å². The molecule has 0 heterocycles. The van der Waals surface area contributed by atoms with Crippen LogP contribution in [0.5, 0.6) is 0 Å². The van der Waals surface area contributed by atoms with Crippen molar-refractivity contribution in [1.82, 2.24) is 4.72 Å². The second kappa shape index (κ2) is 5.42. The van der Waals surface area contributed by atoms with Crippen LogP contribution in [0.1, 0.15) is 32.1 Å². The zero-order chi connectivity index (χ0) is 9.64. The van der Waals surface area contributed by atoms with Gasteiger partial charge in [-0.1, -0.05) is 37.5 Å². The summed E-state index contributed by atoms with van der Waals surface area (Å²) in [6.07, 6.45) is 6.91. The Bertz CT molecular complexity index is 254. The molecule has 1 fully saturated rings. The van der Waals surface area contributed by atoms with Crippen LogP contribution in [0.3, 0.4) is 0 Å². The van der Waals surface area contributed by atoms with Gasteiger partial charge in [-0.2, -0.15) is 0 Å². The summed E-state index contributed by atoms with van der Waals surface area (Å²) in [5.41, 5.74) is 0. The summed E-state index contributed by atoms with van der Waals surface area (Å²) >= 11 is 1.78. The van der Waals surface area contributed by atoms with Crippen LogP contribution in [0.2, 0.25) is 0 Å². The van der Waals surface area contributed by atoms with Crippen LogP contribution in [-0.2, 0) is 0 Å². The van der Waals surface area contributed by atoms with Crippen LogP contribution in [0.15, 0.2) is 35.2 Å². The topological polar surface area (TPSA) is 12.0 Å². The lowest BCUT2D eigenvalue weighted by atomic mass is 9.96. The molecule has 1 aromatic rings. The second-order valence-corrected chi connectivity index (χ2v) is 4.78. The molecule has 0 radical (unpaired) electrons. The number of hydrogen-bond donors (Lipinski definition) is 1. The van der Waals surface area contributed by atoms with E-state index < -0.39 is 0 Å². The molecule has 0 amide bonds. The van der Waals surface area contributed by atoms with Gasteiger partial charge in [0.15, 0.2) is 0 Å². The van der Waals surface area contributed by atoms with E-state index in [1.807, 2.05) is 0 Å². The molecule has 14 heavy (non-hydrogen) atoms. The molecule has 1 N–H and O–H groups in total. The SMILES string of the molecule is c1ccc(SNC2CCCCC2)cc1. The molecule has 1 aliphatic carbocycles. The van der Waals surface area contributed by atoms with E-state index in [4.69, 9.17) is 0 Å².